The quantitative estimate of drug-likeness (QED) is 0.255. The van der Waals surface area contributed by atoms with E-state index in [2.05, 4.69) is 0 Å². The molecule has 0 saturated heterocycles. The molecule has 0 aliphatic heterocycles. The zero-order valence-electron chi connectivity index (χ0n) is 19.3. The molecule has 0 amide bonds. The molecule has 0 radical (unpaired) electrons. The Labute approximate surface area is 210 Å². The Morgan fingerprint density at radius 2 is 1.69 bits per heavy atom. The van der Waals surface area contributed by atoms with Gasteiger partial charge in [0.05, 0.1) is 37.6 Å². The third-order valence-corrected chi connectivity index (χ3v) is 7.72. The number of benzene rings is 2. The van der Waals surface area contributed by atoms with Crippen molar-refractivity contribution in [2.45, 2.75) is 0 Å². The fraction of sp³-hybridized carbons (Fsp3) is 0.111. The molecule has 0 spiro atoms. The summed E-state index contributed by atoms with van der Waals surface area (Å²) in [5.41, 5.74) is 10.2. The summed E-state index contributed by atoms with van der Waals surface area (Å²) in [6.07, 6.45) is 0. The zero-order chi connectivity index (χ0) is 24.5. The highest BCUT2D eigenvalue weighted by molar-refractivity contribution is 7.21. The number of ketones is 1. The van der Waals surface area contributed by atoms with E-state index < -0.39 is 0 Å². The van der Waals surface area contributed by atoms with Crippen LogP contribution in [0.3, 0.4) is 0 Å². The lowest BCUT2D eigenvalue weighted by Crippen LogP contribution is -2.03. The minimum atomic E-state index is -0.190. The Hall–Kier alpha value is -3.88. The van der Waals surface area contributed by atoms with Crippen LogP contribution in [-0.2, 0) is 0 Å². The molecule has 0 aliphatic carbocycles. The van der Waals surface area contributed by atoms with Crippen LogP contribution < -0.4 is 19.9 Å². The van der Waals surface area contributed by atoms with E-state index in [0.29, 0.717) is 32.5 Å². The number of pyridine rings is 1. The SMILES string of the molecule is COc1ccc(-c2cc(-c3cccs3)nc3sc(C(=O)c4ccc(OC)c(OC)c4)c(N)c23)cc1. The minimum absolute atomic E-state index is 0.190. The van der Waals surface area contributed by atoms with Gasteiger partial charge in [-0.05, 0) is 59.0 Å². The summed E-state index contributed by atoms with van der Waals surface area (Å²) in [6, 6.07) is 18.9. The number of hydrogen-bond donors (Lipinski definition) is 1. The molecular formula is C27H22N2O4S2. The molecule has 0 unspecified atom stereocenters. The maximum atomic E-state index is 13.5. The molecule has 0 saturated carbocycles. The maximum Gasteiger partial charge on any atom is 0.205 e. The lowest BCUT2D eigenvalue weighted by atomic mass is 10.00. The van der Waals surface area contributed by atoms with Crippen LogP contribution >= 0.6 is 22.7 Å². The standard InChI is InChI=1S/C27H22N2O4S2/c1-31-17-9-6-15(7-10-17)18-14-19(22-5-4-12-34-22)29-27-23(18)24(28)26(35-27)25(30)16-8-11-20(32-2)21(13-16)33-3/h4-14H,28H2,1-3H3. The van der Waals surface area contributed by atoms with Gasteiger partial charge in [0.15, 0.2) is 11.5 Å². The molecule has 2 aromatic carbocycles. The van der Waals surface area contributed by atoms with Crippen molar-refractivity contribution in [3.05, 3.63) is 76.5 Å². The van der Waals surface area contributed by atoms with E-state index in [1.54, 1.807) is 43.8 Å². The summed E-state index contributed by atoms with van der Waals surface area (Å²) in [6.45, 7) is 0. The van der Waals surface area contributed by atoms with Crippen molar-refractivity contribution in [1.82, 2.24) is 4.98 Å². The lowest BCUT2D eigenvalue weighted by molar-refractivity contribution is 0.104. The molecule has 0 bridgehead atoms. The van der Waals surface area contributed by atoms with Crippen LogP contribution in [0.4, 0.5) is 5.69 Å². The average Bonchev–Trinajstić information content (AvgIpc) is 3.56. The van der Waals surface area contributed by atoms with Crippen LogP contribution in [0.5, 0.6) is 17.2 Å². The van der Waals surface area contributed by atoms with Gasteiger partial charge in [0.2, 0.25) is 5.78 Å². The Morgan fingerprint density at radius 1 is 0.914 bits per heavy atom. The van der Waals surface area contributed by atoms with Crippen molar-refractivity contribution in [3.63, 3.8) is 0 Å². The van der Waals surface area contributed by atoms with E-state index in [0.717, 1.165) is 32.8 Å². The van der Waals surface area contributed by atoms with Gasteiger partial charge in [-0.3, -0.25) is 4.79 Å². The van der Waals surface area contributed by atoms with E-state index in [4.69, 9.17) is 24.9 Å². The summed E-state index contributed by atoms with van der Waals surface area (Å²) >= 11 is 2.91. The van der Waals surface area contributed by atoms with Gasteiger partial charge >= 0.3 is 0 Å². The van der Waals surface area contributed by atoms with Crippen LogP contribution in [0, 0.1) is 0 Å². The molecule has 3 heterocycles. The number of nitrogens with two attached hydrogens (primary N) is 1. The number of methoxy groups -OCH3 is 3. The van der Waals surface area contributed by atoms with Gasteiger partial charge < -0.3 is 19.9 Å². The third-order valence-electron chi connectivity index (χ3n) is 5.73. The van der Waals surface area contributed by atoms with Gasteiger partial charge in [-0.2, -0.15) is 0 Å². The summed E-state index contributed by atoms with van der Waals surface area (Å²) in [5, 5.41) is 2.78. The van der Waals surface area contributed by atoms with Crippen LogP contribution in [0.15, 0.2) is 66.0 Å². The van der Waals surface area contributed by atoms with Crippen LogP contribution in [0.1, 0.15) is 15.2 Å². The molecule has 6 nitrogen and oxygen atoms in total. The first-order valence-corrected chi connectivity index (χ1v) is 12.4. The topological polar surface area (TPSA) is 83.7 Å². The van der Waals surface area contributed by atoms with Crippen molar-refractivity contribution >= 4 is 44.4 Å². The molecule has 5 rings (SSSR count). The second-order valence-corrected chi connectivity index (χ2v) is 9.63. The summed E-state index contributed by atoms with van der Waals surface area (Å²) in [5.74, 6) is 1.61. The van der Waals surface area contributed by atoms with Gasteiger partial charge in [0, 0.05) is 10.9 Å². The fourth-order valence-electron chi connectivity index (χ4n) is 3.95. The summed E-state index contributed by atoms with van der Waals surface area (Å²) < 4.78 is 16.0. The second-order valence-electron chi connectivity index (χ2n) is 7.68. The fourth-order valence-corrected chi connectivity index (χ4v) is 5.72. The number of hydrogen-bond acceptors (Lipinski definition) is 8. The van der Waals surface area contributed by atoms with E-state index in [1.807, 2.05) is 47.8 Å². The number of nitrogens with zero attached hydrogens (tertiary/aromatic N) is 1. The first kappa shape index (κ1) is 22.9. The van der Waals surface area contributed by atoms with Gasteiger partial charge in [-0.25, -0.2) is 4.98 Å². The Kier molecular flexibility index (Phi) is 6.15. The normalized spacial score (nSPS) is 10.9. The van der Waals surface area contributed by atoms with Crippen molar-refractivity contribution < 1.29 is 19.0 Å². The van der Waals surface area contributed by atoms with Crippen LogP contribution in [0.2, 0.25) is 0 Å². The molecule has 0 fully saturated rings. The Balaban J connectivity index is 1.70. The van der Waals surface area contributed by atoms with Crippen molar-refractivity contribution in [2.75, 3.05) is 27.1 Å². The predicted octanol–water partition coefficient (Wildman–Crippen LogP) is 6.53. The molecule has 35 heavy (non-hydrogen) atoms. The highest BCUT2D eigenvalue weighted by Crippen LogP contribution is 2.43. The predicted molar refractivity (Wildman–Crippen MR) is 142 cm³/mol. The van der Waals surface area contributed by atoms with Gasteiger partial charge in [0.1, 0.15) is 15.5 Å². The number of anilines is 1. The van der Waals surface area contributed by atoms with E-state index in [-0.39, 0.29) is 5.78 Å². The Morgan fingerprint density at radius 3 is 2.34 bits per heavy atom. The zero-order valence-corrected chi connectivity index (χ0v) is 21.0. The van der Waals surface area contributed by atoms with Gasteiger partial charge in [-0.15, -0.1) is 22.7 Å². The van der Waals surface area contributed by atoms with Crippen molar-refractivity contribution in [2.24, 2.45) is 0 Å². The monoisotopic (exact) mass is 502 g/mol. The summed E-state index contributed by atoms with van der Waals surface area (Å²) in [4.78, 5) is 20.6. The average molecular weight is 503 g/mol. The number of carbonyl (C=O) groups excluding carboxylic acids is 1. The molecule has 0 atom stereocenters. The van der Waals surface area contributed by atoms with E-state index in [1.165, 1.54) is 18.4 Å². The third kappa shape index (κ3) is 4.11. The number of carbonyl (C=O) groups is 1. The van der Waals surface area contributed by atoms with E-state index >= 15 is 0 Å². The minimum Gasteiger partial charge on any atom is -0.497 e. The first-order chi connectivity index (χ1) is 17.0. The van der Waals surface area contributed by atoms with Crippen molar-refractivity contribution in [1.29, 1.82) is 0 Å². The summed E-state index contributed by atoms with van der Waals surface area (Å²) in [7, 11) is 4.73. The molecular weight excluding hydrogens is 480 g/mol. The lowest BCUT2D eigenvalue weighted by Gasteiger charge is -2.09. The maximum absolute atomic E-state index is 13.5. The molecule has 5 aromatic rings. The first-order valence-electron chi connectivity index (χ1n) is 10.7. The van der Waals surface area contributed by atoms with Gasteiger partial charge in [-0.1, -0.05) is 18.2 Å². The molecule has 0 aliphatic rings. The highest BCUT2D eigenvalue weighted by atomic mass is 32.1. The van der Waals surface area contributed by atoms with Crippen LogP contribution in [0.25, 0.3) is 31.9 Å². The van der Waals surface area contributed by atoms with E-state index in [9.17, 15) is 4.79 Å². The smallest absolute Gasteiger partial charge is 0.205 e. The van der Waals surface area contributed by atoms with Crippen LogP contribution in [-0.4, -0.2) is 32.1 Å². The number of nitrogen functional groups attached to an aromatic ring is 1. The Bertz CT molecular complexity index is 1520. The highest BCUT2D eigenvalue weighted by Gasteiger charge is 2.23. The molecule has 8 heteroatoms. The number of fused-ring (bicyclic) bond motifs is 1. The number of ether oxygens (including phenoxy) is 3. The number of rotatable bonds is 7. The second kappa shape index (κ2) is 9.40. The molecule has 176 valence electrons. The molecule has 2 N–H and O–H groups in total. The number of aromatic nitrogens is 1. The molecule has 3 aromatic heterocycles. The van der Waals surface area contributed by atoms with Crippen molar-refractivity contribution in [3.8, 4) is 38.9 Å². The number of thiophene rings is 2. The van der Waals surface area contributed by atoms with Gasteiger partial charge in [0.25, 0.3) is 0 Å². The largest absolute Gasteiger partial charge is 0.497 e.